The number of ether oxygens (including phenoxy) is 3. The number of amides is 2. The van der Waals surface area contributed by atoms with Crippen LogP contribution in [0.3, 0.4) is 0 Å². The number of rotatable bonds is 11. The number of pyridine rings is 1. The molecule has 252 valence electrons. The van der Waals surface area contributed by atoms with Crippen molar-refractivity contribution >= 4 is 28.7 Å². The number of methoxy groups -OCH3 is 2. The number of benzene rings is 2. The molecule has 1 aromatic heterocycles. The molecule has 2 aliphatic rings. The van der Waals surface area contributed by atoms with Crippen LogP contribution in [0.25, 0.3) is 22.2 Å². The Morgan fingerprint density at radius 3 is 2.40 bits per heavy atom. The van der Waals surface area contributed by atoms with E-state index in [0.29, 0.717) is 43.9 Å². The number of carbonyl (C=O) groups is 3. The highest BCUT2D eigenvalue weighted by molar-refractivity contribution is 5.90. The Morgan fingerprint density at radius 1 is 0.979 bits per heavy atom. The lowest BCUT2D eigenvalue weighted by Gasteiger charge is -2.33. The molecule has 9 nitrogen and oxygen atoms in total. The van der Waals surface area contributed by atoms with Gasteiger partial charge in [-0.2, -0.15) is 0 Å². The minimum absolute atomic E-state index is 0.0307. The molecule has 2 aliphatic heterocycles. The molecular weight excluding hydrogens is 594 g/mol. The normalized spacial score (nSPS) is 19.0. The van der Waals surface area contributed by atoms with E-state index in [4.69, 9.17) is 19.2 Å². The molecule has 3 heterocycles. The highest BCUT2D eigenvalue weighted by atomic mass is 16.5. The molecule has 0 aliphatic carbocycles. The molecule has 5 rings (SSSR count). The summed E-state index contributed by atoms with van der Waals surface area (Å²) in [4.78, 5) is 48.9. The highest BCUT2D eigenvalue weighted by Crippen LogP contribution is 2.35. The van der Waals surface area contributed by atoms with Crippen LogP contribution in [0, 0.1) is 17.3 Å². The fourth-order valence-corrected chi connectivity index (χ4v) is 6.95. The summed E-state index contributed by atoms with van der Waals surface area (Å²) in [5.74, 6) is 0.455. The Labute approximate surface area is 278 Å². The lowest BCUT2D eigenvalue weighted by molar-refractivity contribution is -0.153. The number of esters is 1. The Morgan fingerprint density at radius 2 is 1.72 bits per heavy atom. The lowest BCUT2D eigenvalue weighted by Crippen LogP contribution is -2.46. The first-order valence-electron chi connectivity index (χ1n) is 16.9. The molecule has 2 amide bonds. The molecule has 3 atom stereocenters. The first kappa shape index (κ1) is 34.2. The van der Waals surface area contributed by atoms with Gasteiger partial charge in [0.1, 0.15) is 17.5 Å². The van der Waals surface area contributed by atoms with Gasteiger partial charge in [0.25, 0.3) is 0 Å². The van der Waals surface area contributed by atoms with Crippen LogP contribution < -0.4 is 9.47 Å². The third-order valence-electron chi connectivity index (χ3n) is 9.31. The van der Waals surface area contributed by atoms with Crippen molar-refractivity contribution in [3.63, 3.8) is 0 Å². The maximum absolute atomic E-state index is 14.2. The standard InChI is InChI=1S/C38H49N3O6/c1-38(2,3)24-28(21-35(42)40-17-10-7-11-18-40)36(43)41-25-26(20-33(41)37(44)46-5)16-19-47-34-23-31(27-12-8-6-9-13-27)39-32-22-29(45-4)14-15-30(32)34/h6,8-9,12-15,22-23,26,28,33H,7,10-11,16-21,24-25H2,1-5H3. The van der Waals surface area contributed by atoms with Gasteiger partial charge in [0.05, 0.1) is 32.0 Å². The Hall–Kier alpha value is -4.14. The molecular formula is C38H49N3O6. The molecule has 2 saturated heterocycles. The van der Waals surface area contributed by atoms with Crippen molar-refractivity contribution in [3.05, 3.63) is 54.6 Å². The van der Waals surface area contributed by atoms with Crippen molar-refractivity contribution in [3.8, 4) is 22.8 Å². The number of likely N-dealkylation sites (tertiary alicyclic amines) is 2. The minimum atomic E-state index is -0.677. The molecule has 2 aromatic carbocycles. The summed E-state index contributed by atoms with van der Waals surface area (Å²) >= 11 is 0. The van der Waals surface area contributed by atoms with Crippen LogP contribution >= 0.6 is 0 Å². The third-order valence-corrected chi connectivity index (χ3v) is 9.31. The highest BCUT2D eigenvalue weighted by Gasteiger charge is 2.43. The van der Waals surface area contributed by atoms with Gasteiger partial charge in [-0.05, 0) is 62.0 Å². The number of aromatic nitrogens is 1. The second-order valence-electron chi connectivity index (χ2n) is 14.1. The Bertz CT molecular complexity index is 1550. The van der Waals surface area contributed by atoms with E-state index in [9.17, 15) is 14.4 Å². The lowest BCUT2D eigenvalue weighted by atomic mass is 9.82. The summed E-state index contributed by atoms with van der Waals surface area (Å²) in [6.45, 7) is 8.58. The minimum Gasteiger partial charge on any atom is -0.497 e. The number of carbonyl (C=O) groups excluding carboxylic acids is 3. The zero-order valence-corrected chi connectivity index (χ0v) is 28.5. The summed E-state index contributed by atoms with van der Waals surface area (Å²) in [5.41, 5.74) is 2.39. The van der Waals surface area contributed by atoms with E-state index >= 15 is 0 Å². The maximum Gasteiger partial charge on any atom is 0.328 e. The van der Waals surface area contributed by atoms with Crippen LogP contribution in [-0.4, -0.2) is 79.1 Å². The summed E-state index contributed by atoms with van der Waals surface area (Å²) < 4.78 is 17.0. The van der Waals surface area contributed by atoms with Gasteiger partial charge in [0.15, 0.2) is 0 Å². The van der Waals surface area contributed by atoms with Crippen molar-refractivity contribution in [1.29, 1.82) is 0 Å². The molecule has 2 fully saturated rings. The topological polar surface area (TPSA) is 98.3 Å². The fourth-order valence-electron chi connectivity index (χ4n) is 6.95. The number of hydrogen-bond acceptors (Lipinski definition) is 7. The van der Waals surface area contributed by atoms with Crippen molar-refractivity contribution in [2.75, 3.05) is 40.5 Å². The summed E-state index contributed by atoms with van der Waals surface area (Å²) in [7, 11) is 3.00. The van der Waals surface area contributed by atoms with E-state index in [1.165, 1.54) is 7.11 Å². The monoisotopic (exact) mass is 643 g/mol. The number of nitrogens with zero attached hydrogens (tertiary/aromatic N) is 3. The van der Waals surface area contributed by atoms with Crippen LogP contribution in [0.5, 0.6) is 11.5 Å². The molecule has 0 spiro atoms. The molecule has 0 N–H and O–H groups in total. The first-order chi connectivity index (χ1) is 22.6. The summed E-state index contributed by atoms with van der Waals surface area (Å²) in [5, 5.41) is 0.879. The number of hydrogen-bond donors (Lipinski definition) is 0. The maximum atomic E-state index is 14.2. The Balaban J connectivity index is 1.31. The average molecular weight is 644 g/mol. The fraction of sp³-hybridized carbons (Fsp3) is 0.526. The van der Waals surface area contributed by atoms with Crippen molar-refractivity contribution < 1.29 is 28.6 Å². The molecule has 9 heteroatoms. The number of fused-ring (bicyclic) bond motifs is 1. The summed E-state index contributed by atoms with van der Waals surface area (Å²) in [6, 6.07) is 17.0. The van der Waals surface area contributed by atoms with Gasteiger partial charge < -0.3 is 24.0 Å². The van der Waals surface area contributed by atoms with Gasteiger partial charge in [0.2, 0.25) is 11.8 Å². The zero-order chi connectivity index (χ0) is 33.6. The first-order valence-corrected chi connectivity index (χ1v) is 16.9. The van der Waals surface area contributed by atoms with E-state index in [0.717, 1.165) is 54.5 Å². The second kappa shape index (κ2) is 15.2. The van der Waals surface area contributed by atoms with Crippen LogP contribution in [0.15, 0.2) is 54.6 Å². The van der Waals surface area contributed by atoms with Crippen LogP contribution in [-0.2, 0) is 19.1 Å². The predicted molar refractivity (Wildman–Crippen MR) is 182 cm³/mol. The molecule has 0 radical (unpaired) electrons. The van der Waals surface area contributed by atoms with Crippen molar-refractivity contribution in [2.24, 2.45) is 17.3 Å². The average Bonchev–Trinajstić information content (AvgIpc) is 3.51. The van der Waals surface area contributed by atoms with Crippen LogP contribution in [0.2, 0.25) is 0 Å². The zero-order valence-electron chi connectivity index (χ0n) is 28.5. The van der Waals surface area contributed by atoms with Gasteiger partial charge in [-0.1, -0.05) is 51.1 Å². The van der Waals surface area contributed by atoms with Gasteiger partial charge in [-0.15, -0.1) is 0 Å². The van der Waals surface area contributed by atoms with Gasteiger partial charge >= 0.3 is 5.97 Å². The smallest absolute Gasteiger partial charge is 0.328 e. The number of piperidine rings is 1. The molecule has 0 bridgehead atoms. The van der Waals surface area contributed by atoms with Gasteiger partial charge in [-0.3, -0.25) is 9.59 Å². The quantitative estimate of drug-likeness (QED) is 0.219. The third kappa shape index (κ3) is 8.62. The van der Waals surface area contributed by atoms with E-state index in [2.05, 4.69) is 20.8 Å². The van der Waals surface area contributed by atoms with E-state index < -0.39 is 17.9 Å². The predicted octanol–water partition coefficient (Wildman–Crippen LogP) is 6.52. The molecule has 47 heavy (non-hydrogen) atoms. The van der Waals surface area contributed by atoms with Crippen molar-refractivity contribution in [1.82, 2.24) is 14.8 Å². The van der Waals surface area contributed by atoms with Crippen molar-refractivity contribution in [2.45, 2.75) is 71.8 Å². The van der Waals surface area contributed by atoms with Crippen LogP contribution in [0.4, 0.5) is 0 Å². The SMILES string of the molecule is COC(=O)C1CC(CCOc2cc(-c3ccccc3)nc3cc(OC)ccc23)CN1C(=O)C(CC(=O)N1CCCCC1)CC(C)(C)C. The molecule has 0 saturated carbocycles. The second-order valence-corrected chi connectivity index (χ2v) is 14.1. The summed E-state index contributed by atoms with van der Waals surface area (Å²) in [6.07, 6.45) is 5.00. The van der Waals surface area contributed by atoms with E-state index in [-0.39, 0.29) is 29.6 Å². The van der Waals surface area contributed by atoms with Gasteiger partial charge in [0, 0.05) is 55.1 Å². The van der Waals surface area contributed by atoms with Crippen LogP contribution in [0.1, 0.15) is 65.7 Å². The van der Waals surface area contributed by atoms with Gasteiger partial charge in [-0.25, -0.2) is 9.78 Å². The molecule has 3 aromatic rings. The molecule has 3 unspecified atom stereocenters. The largest absolute Gasteiger partial charge is 0.497 e. The van der Waals surface area contributed by atoms with E-state index in [1.807, 2.05) is 59.5 Å². The Kier molecular flexibility index (Phi) is 11.0. The van der Waals surface area contributed by atoms with E-state index in [1.54, 1.807) is 12.0 Å².